The SMILES string of the molecule is C=CC1CC1(NC=O)C(=O)S. The Morgan fingerprint density at radius 3 is 2.73 bits per heavy atom. The van der Waals surface area contributed by atoms with Gasteiger partial charge < -0.3 is 5.32 Å². The number of amides is 1. The molecule has 0 spiro atoms. The Balaban J connectivity index is 2.69. The third kappa shape index (κ3) is 1.18. The highest BCUT2D eigenvalue weighted by molar-refractivity contribution is 7.96. The third-order valence-corrected chi connectivity index (χ3v) is 2.40. The molecule has 1 saturated carbocycles. The van der Waals surface area contributed by atoms with Crippen molar-refractivity contribution in [3.05, 3.63) is 12.7 Å². The van der Waals surface area contributed by atoms with E-state index in [9.17, 15) is 9.59 Å². The van der Waals surface area contributed by atoms with Gasteiger partial charge in [0.1, 0.15) is 5.54 Å². The third-order valence-electron chi connectivity index (χ3n) is 2.00. The van der Waals surface area contributed by atoms with Crippen LogP contribution in [0.2, 0.25) is 0 Å². The first-order valence-corrected chi connectivity index (χ1v) is 3.69. The molecule has 1 fully saturated rings. The lowest BCUT2D eigenvalue weighted by Gasteiger charge is -2.09. The van der Waals surface area contributed by atoms with E-state index in [0.717, 1.165) is 0 Å². The van der Waals surface area contributed by atoms with E-state index in [1.54, 1.807) is 6.08 Å². The molecule has 0 aliphatic heterocycles. The summed E-state index contributed by atoms with van der Waals surface area (Å²) < 4.78 is 0. The van der Waals surface area contributed by atoms with Crippen LogP contribution in [0.5, 0.6) is 0 Å². The maximum atomic E-state index is 10.9. The molecule has 2 unspecified atom stereocenters. The highest BCUT2D eigenvalue weighted by Crippen LogP contribution is 2.45. The summed E-state index contributed by atoms with van der Waals surface area (Å²) in [6.45, 7) is 3.54. The van der Waals surface area contributed by atoms with Crippen LogP contribution in [-0.2, 0) is 9.59 Å². The molecule has 4 heteroatoms. The number of carbonyl (C=O) groups excluding carboxylic acids is 2. The normalized spacial score (nSPS) is 34.1. The van der Waals surface area contributed by atoms with Gasteiger partial charge in [-0.3, -0.25) is 9.59 Å². The average molecular weight is 171 g/mol. The lowest BCUT2D eigenvalue weighted by molar-refractivity contribution is -0.118. The molecule has 60 valence electrons. The lowest BCUT2D eigenvalue weighted by atomic mass is 10.2. The van der Waals surface area contributed by atoms with Gasteiger partial charge in [0.05, 0.1) is 0 Å². The summed E-state index contributed by atoms with van der Waals surface area (Å²) in [6, 6.07) is 0. The van der Waals surface area contributed by atoms with Crippen LogP contribution in [0.25, 0.3) is 0 Å². The first kappa shape index (κ1) is 8.33. The fourth-order valence-electron chi connectivity index (χ4n) is 1.15. The number of hydrogen-bond acceptors (Lipinski definition) is 2. The van der Waals surface area contributed by atoms with Gasteiger partial charge in [0.2, 0.25) is 11.5 Å². The molecule has 0 heterocycles. The molecule has 0 aromatic rings. The van der Waals surface area contributed by atoms with E-state index in [1.165, 1.54) is 0 Å². The van der Waals surface area contributed by atoms with Gasteiger partial charge >= 0.3 is 0 Å². The summed E-state index contributed by atoms with van der Waals surface area (Å²) >= 11 is 3.68. The topological polar surface area (TPSA) is 46.2 Å². The van der Waals surface area contributed by atoms with E-state index < -0.39 is 5.54 Å². The van der Waals surface area contributed by atoms with Crippen molar-refractivity contribution >= 4 is 24.2 Å². The summed E-state index contributed by atoms with van der Waals surface area (Å²) in [5, 5.41) is 2.16. The van der Waals surface area contributed by atoms with Gasteiger partial charge in [-0.2, -0.15) is 0 Å². The Labute approximate surface area is 70.3 Å². The monoisotopic (exact) mass is 171 g/mol. The number of hydrogen-bond donors (Lipinski definition) is 2. The summed E-state index contributed by atoms with van der Waals surface area (Å²) in [4.78, 5) is 21.0. The van der Waals surface area contributed by atoms with Crippen LogP contribution < -0.4 is 5.32 Å². The van der Waals surface area contributed by atoms with Crippen molar-refractivity contribution in [3.63, 3.8) is 0 Å². The van der Waals surface area contributed by atoms with Crippen molar-refractivity contribution in [1.29, 1.82) is 0 Å². The second kappa shape index (κ2) is 2.70. The molecule has 1 aliphatic carbocycles. The van der Waals surface area contributed by atoms with E-state index in [1.807, 2.05) is 0 Å². The smallest absolute Gasteiger partial charge is 0.211 e. The van der Waals surface area contributed by atoms with Gasteiger partial charge in [-0.1, -0.05) is 6.08 Å². The quantitative estimate of drug-likeness (QED) is 0.359. The van der Waals surface area contributed by atoms with Crippen LogP contribution in [0.15, 0.2) is 12.7 Å². The highest BCUT2D eigenvalue weighted by Gasteiger charge is 2.57. The average Bonchev–Trinajstić information content (AvgIpc) is 2.65. The van der Waals surface area contributed by atoms with Crippen LogP contribution in [0.3, 0.4) is 0 Å². The minimum atomic E-state index is -0.743. The first-order valence-electron chi connectivity index (χ1n) is 3.24. The number of nitrogens with one attached hydrogen (secondary N) is 1. The van der Waals surface area contributed by atoms with Gasteiger partial charge in [-0.15, -0.1) is 19.2 Å². The maximum absolute atomic E-state index is 10.9. The van der Waals surface area contributed by atoms with Crippen LogP contribution in [0.4, 0.5) is 0 Å². The predicted molar refractivity (Wildman–Crippen MR) is 44.2 cm³/mol. The van der Waals surface area contributed by atoms with Crippen molar-refractivity contribution in [1.82, 2.24) is 5.32 Å². The standard InChI is InChI=1S/C7H9NO2S/c1-2-5-3-7(5,6(10)11)8-4-9/h2,4-5H,1,3H2,(H,8,9)(H,10,11). The fourth-order valence-corrected chi connectivity index (χ4v) is 1.47. The second-order valence-electron chi connectivity index (χ2n) is 2.59. The van der Waals surface area contributed by atoms with E-state index in [-0.39, 0.29) is 11.0 Å². The van der Waals surface area contributed by atoms with Crippen molar-refractivity contribution in [2.45, 2.75) is 12.0 Å². The lowest BCUT2D eigenvalue weighted by Crippen LogP contribution is -2.37. The fraction of sp³-hybridized carbons (Fsp3) is 0.429. The molecule has 0 bridgehead atoms. The zero-order valence-electron chi connectivity index (χ0n) is 5.91. The van der Waals surface area contributed by atoms with Gasteiger partial charge in [0, 0.05) is 5.92 Å². The minimum absolute atomic E-state index is 0.0534. The second-order valence-corrected chi connectivity index (χ2v) is 2.99. The van der Waals surface area contributed by atoms with E-state index in [4.69, 9.17) is 0 Å². The van der Waals surface area contributed by atoms with Gasteiger partial charge in [-0.05, 0) is 6.42 Å². The zero-order chi connectivity index (χ0) is 8.48. The Morgan fingerprint density at radius 2 is 2.45 bits per heavy atom. The van der Waals surface area contributed by atoms with Gasteiger partial charge in [-0.25, -0.2) is 0 Å². The number of rotatable bonds is 4. The molecule has 0 saturated heterocycles. The molecule has 0 aromatic carbocycles. The molecule has 11 heavy (non-hydrogen) atoms. The largest absolute Gasteiger partial charge is 0.345 e. The first-order chi connectivity index (χ1) is 5.17. The number of carbonyl (C=O) groups is 2. The highest BCUT2D eigenvalue weighted by atomic mass is 32.1. The van der Waals surface area contributed by atoms with E-state index in [0.29, 0.717) is 12.8 Å². The van der Waals surface area contributed by atoms with Gasteiger partial charge in [0.15, 0.2) is 0 Å². The van der Waals surface area contributed by atoms with Crippen molar-refractivity contribution in [2.24, 2.45) is 5.92 Å². The summed E-state index contributed by atoms with van der Waals surface area (Å²) in [5.74, 6) is 0.0534. The zero-order valence-corrected chi connectivity index (χ0v) is 6.80. The molecule has 1 rings (SSSR count). The Kier molecular flexibility index (Phi) is 2.04. The van der Waals surface area contributed by atoms with Crippen molar-refractivity contribution < 1.29 is 9.59 Å². The minimum Gasteiger partial charge on any atom is -0.345 e. The Bertz CT molecular complexity index is 216. The predicted octanol–water partition coefficient (Wildman–Crippen LogP) is 0.133. The number of thiol groups is 1. The molecule has 1 amide bonds. The molecule has 0 aromatic heterocycles. The van der Waals surface area contributed by atoms with Gasteiger partial charge in [0.25, 0.3) is 0 Å². The van der Waals surface area contributed by atoms with Crippen molar-refractivity contribution in [3.8, 4) is 0 Å². The summed E-state index contributed by atoms with van der Waals surface area (Å²) in [7, 11) is 0. The van der Waals surface area contributed by atoms with E-state index in [2.05, 4.69) is 24.5 Å². The molecule has 2 atom stereocenters. The Hall–Kier alpha value is -0.770. The van der Waals surface area contributed by atoms with Crippen LogP contribution in [-0.4, -0.2) is 17.1 Å². The maximum Gasteiger partial charge on any atom is 0.211 e. The van der Waals surface area contributed by atoms with Crippen LogP contribution >= 0.6 is 12.6 Å². The molecule has 3 nitrogen and oxygen atoms in total. The van der Waals surface area contributed by atoms with Crippen LogP contribution in [0, 0.1) is 5.92 Å². The molecule has 0 radical (unpaired) electrons. The Morgan fingerprint density at radius 1 is 1.82 bits per heavy atom. The molecular formula is C7H9NO2S. The molecule has 1 N–H and O–H groups in total. The van der Waals surface area contributed by atoms with Crippen LogP contribution in [0.1, 0.15) is 6.42 Å². The molecule has 1 aliphatic rings. The summed E-state index contributed by atoms with van der Waals surface area (Å²) in [5.41, 5.74) is -0.743. The molecular weight excluding hydrogens is 162 g/mol. The van der Waals surface area contributed by atoms with Crippen molar-refractivity contribution in [2.75, 3.05) is 0 Å². The van der Waals surface area contributed by atoms with E-state index >= 15 is 0 Å². The summed E-state index contributed by atoms with van der Waals surface area (Å²) in [6.07, 6.45) is 2.81.